The van der Waals surface area contributed by atoms with Crippen LogP contribution in [0.15, 0.2) is 0 Å². The first kappa shape index (κ1) is 9.24. The Morgan fingerprint density at radius 3 is 2.79 bits per heavy atom. The number of aromatic carboxylic acids is 1. The molecule has 0 aromatic carbocycles. The maximum absolute atomic E-state index is 10.9. The van der Waals surface area contributed by atoms with Gasteiger partial charge >= 0.3 is 5.97 Å². The highest BCUT2D eigenvalue weighted by molar-refractivity contribution is 5.84. The van der Waals surface area contributed by atoms with Crippen molar-refractivity contribution in [1.82, 2.24) is 9.55 Å². The second-order valence-electron chi connectivity index (χ2n) is 3.95. The number of fused-ring (bicyclic) bond motifs is 1. The SMILES string of the molecule is CC(C)n1c(C(=O)O)nc2c1CCC2. The number of nitrogens with zero attached hydrogens (tertiary/aromatic N) is 2. The monoisotopic (exact) mass is 194 g/mol. The van der Waals surface area contributed by atoms with E-state index in [0.29, 0.717) is 0 Å². The highest BCUT2D eigenvalue weighted by Gasteiger charge is 2.25. The summed E-state index contributed by atoms with van der Waals surface area (Å²) < 4.78 is 1.85. The molecule has 2 rings (SSSR count). The van der Waals surface area contributed by atoms with Crippen LogP contribution in [0.5, 0.6) is 0 Å². The van der Waals surface area contributed by atoms with Crippen molar-refractivity contribution in [3.8, 4) is 0 Å². The quantitative estimate of drug-likeness (QED) is 0.778. The van der Waals surface area contributed by atoms with Gasteiger partial charge in [-0.2, -0.15) is 0 Å². The van der Waals surface area contributed by atoms with Gasteiger partial charge in [0.15, 0.2) is 0 Å². The normalized spacial score (nSPS) is 14.8. The minimum Gasteiger partial charge on any atom is -0.475 e. The Hall–Kier alpha value is -1.32. The van der Waals surface area contributed by atoms with Gasteiger partial charge in [-0.1, -0.05) is 0 Å². The number of carboxylic acid groups (broad SMARTS) is 1. The minimum atomic E-state index is -0.923. The third-order valence-corrected chi connectivity index (χ3v) is 2.63. The molecule has 1 aromatic heterocycles. The average molecular weight is 194 g/mol. The van der Waals surface area contributed by atoms with Crippen molar-refractivity contribution < 1.29 is 9.90 Å². The fourth-order valence-corrected chi connectivity index (χ4v) is 2.11. The van der Waals surface area contributed by atoms with E-state index in [-0.39, 0.29) is 11.9 Å². The number of imidazole rings is 1. The number of carboxylic acids is 1. The van der Waals surface area contributed by atoms with E-state index in [1.807, 2.05) is 18.4 Å². The molecule has 0 spiro atoms. The van der Waals surface area contributed by atoms with Gasteiger partial charge in [0.2, 0.25) is 5.82 Å². The summed E-state index contributed by atoms with van der Waals surface area (Å²) in [5.41, 5.74) is 2.11. The zero-order valence-corrected chi connectivity index (χ0v) is 8.45. The number of hydrogen-bond donors (Lipinski definition) is 1. The maximum Gasteiger partial charge on any atom is 0.372 e. The van der Waals surface area contributed by atoms with Gasteiger partial charge in [0.05, 0.1) is 5.69 Å². The van der Waals surface area contributed by atoms with Gasteiger partial charge in [-0.15, -0.1) is 0 Å². The smallest absolute Gasteiger partial charge is 0.372 e. The Bertz CT molecular complexity index is 380. The van der Waals surface area contributed by atoms with Crippen LogP contribution in [0.25, 0.3) is 0 Å². The van der Waals surface area contributed by atoms with E-state index in [0.717, 1.165) is 30.7 Å². The van der Waals surface area contributed by atoms with Gasteiger partial charge in [0.1, 0.15) is 0 Å². The number of carbonyl (C=O) groups is 1. The number of aromatic nitrogens is 2. The fraction of sp³-hybridized carbons (Fsp3) is 0.600. The lowest BCUT2D eigenvalue weighted by Gasteiger charge is -2.12. The Kier molecular flexibility index (Phi) is 2.06. The lowest BCUT2D eigenvalue weighted by Crippen LogP contribution is -2.13. The van der Waals surface area contributed by atoms with Gasteiger partial charge in [-0.05, 0) is 33.1 Å². The highest BCUT2D eigenvalue weighted by atomic mass is 16.4. The van der Waals surface area contributed by atoms with Gasteiger partial charge < -0.3 is 9.67 Å². The van der Waals surface area contributed by atoms with E-state index < -0.39 is 5.97 Å². The molecule has 1 aromatic rings. The lowest BCUT2D eigenvalue weighted by molar-refractivity contribution is 0.0675. The standard InChI is InChI=1S/C10H14N2O2/c1-6(2)12-8-5-3-4-7(8)11-9(12)10(13)14/h6H,3-5H2,1-2H3,(H,13,14). The molecule has 0 amide bonds. The molecular weight excluding hydrogens is 180 g/mol. The van der Waals surface area contributed by atoms with Crippen molar-refractivity contribution in [3.05, 3.63) is 17.2 Å². The largest absolute Gasteiger partial charge is 0.475 e. The van der Waals surface area contributed by atoms with E-state index in [4.69, 9.17) is 5.11 Å². The predicted molar refractivity (Wildman–Crippen MR) is 51.6 cm³/mol. The van der Waals surface area contributed by atoms with Crippen LogP contribution in [-0.2, 0) is 12.8 Å². The van der Waals surface area contributed by atoms with Crippen LogP contribution in [0.1, 0.15) is 48.3 Å². The summed E-state index contributed by atoms with van der Waals surface area (Å²) in [5.74, 6) is -0.724. The van der Waals surface area contributed by atoms with Crippen molar-refractivity contribution in [1.29, 1.82) is 0 Å². The van der Waals surface area contributed by atoms with Gasteiger partial charge in [-0.25, -0.2) is 9.78 Å². The molecule has 0 radical (unpaired) electrons. The van der Waals surface area contributed by atoms with E-state index in [9.17, 15) is 4.79 Å². The van der Waals surface area contributed by atoms with Crippen LogP contribution in [0.4, 0.5) is 0 Å². The van der Waals surface area contributed by atoms with Crippen LogP contribution in [0.3, 0.4) is 0 Å². The van der Waals surface area contributed by atoms with Crippen molar-refractivity contribution >= 4 is 5.97 Å². The van der Waals surface area contributed by atoms with E-state index in [1.54, 1.807) is 0 Å². The first-order valence-electron chi connectivity index (χ1n) is 4.94. The summed E-state index contributed by atoms with van der Waals surface area (Å²) in [4.78, 5) is 15.1. The molecular formula is C10H14N2O2. The zero-order valence-electron chi connectivity index (χ0n) is 8.45. The molecule has 0 saturated carbocycles. The van der Waals surface area contributed by atoms with Crippen LogP contribution >= 0.6 is 0 Å². The third-order valence-electron chi connectivity index (χ3n) is 2.63. The average Bonchev–Trinajstić information content (AvgIpc) is 2.58. The number of hydrogen-bond acceptors (Lipinski definition) is 2. The van der Waals surface area contributed by atoms with Gasteiger partial charge in [0.25, 0.3) is 0 Å². The van der Waals surface area contributed by atoms with Crippen molar-refractivity contribution in [2.45, 2.75) is 39.2 Å². The van der Waals surface area contributed by atoms with E-state index in [2.05, 4.69) is 4.98 Å². The Balaban J connectivity index is 2.57. The summed E-state index contributed by atoms with van der Waals surface area (Å²) >= 11 is 0. The molecule has 14 heavy (non-hydrogen) atoms. The lowest BCUT2D eigenvalue weighted by atomic mass is 10.3. The summed E-state index contributed by atoms with van der Waals surface area (Å²) in [6.45, 7) is 3.99. The molecule has 0 saturated heterocycles. The van der Waals surface area contributed by atoms with Crippen molar-refractivity contribution in [3.63, 3.8) is 0 Å². The third kappa shape index (κ3) is 1.22. The van der Waals surface area contributed by atoms with Crippen LogP contribution in [0.2, 0.25) is 0 Å². The zero-order chi connectivity index (χ0) is 10.3. The predicted octanol–water partition coefficient (Wildman–Crippen LogP) is 1.65. The summed E-state index contributed by atoms with van der Waals surface area (Å²) in [6, 6.07) is 0.176. The van der Waals surface area contributed by atoms with E-state index in [1.165, 1.54) is 0 Å². The number of aryl methyl sites for hydroxylation is 1. The molecule has 4 nitrogen and oxygen atoms in total. The Labute approximate surface area is 82.6 Å². The molecule has 1 aliphatic carbocycles. The Morgan fingerprint density at radius 2 is 2.21 bits per heavy atom. The number of rotatable bonds is 2. The minimum absolute atomic E-state index is 0.176. The molecule has 1 heterocycles. The summed E-state index contributed by atoms with van der Waals surface area (Å²) in [7, 11) is 0. The van der Waals surface area contributed by atoms with Crippen LogP contribution < -0.4 is 0 Å². The topological polar surface area (TPSA) is 55.1 Å². The molecule has 0 unspecified atom stereocenters. The summed E-state index contributed by atoms with van der Waals surface area (Å²) in [5, 5.41) is 8.99. The Morgan fingerprint density at radius 1 is 1.50 bits per heavy atom. The highest BCUT2D eigenvalue weighted by Crippen LogP contribution is 2.25. The van der Waals surface area contributed by atoms with Crippen LogP contribution in [-0.4, -0.2) is 20.6 Å². The van der Waals surface area contributed by atoms with Gasteiger partial charge in [-0.3, -0.25) is 0 Å². The van der Waals surface area contributed by atoms with Crippen LogP contribution in [0, 0.1) is 0 Å². The molecule has 0 bridgehead atoms. The first-order valence-corrected chi connectivity index (χ1v) is 4.94. The van der Waals surface area contributed by atoms with Crippen molar-refractivity contribution in [2.75, 3.05) is 0 Å². The first-order chi connectivity index (χ1) is 6.61. The van der Waals surface area contributed by atoms with Crippen molar-refractivity contribution in [2.24, 2.45) is 0 Å². The molecule has 0 atom stereocenters. The molecule has 0 fully saturated rings. The molecule has 4 heteroatoms. The molecule has 0 aliphatic heterocycles. The molecule has 1 aliphatic rings. The second kappa shape index (κ2) is 3.12. The molecule has 76 valence electrons. The molecule has 1 N–H and O–H groups in total. The fourth-order valence-electron chi connectivity index (χ4n) is 2.11. The summed E-state index contributed by atoms with van der Waals surface area (Å²) in [6.07, 6.45) is 2.99. The van der Waals surface area contributed by atoms with Gasteiger partial charge in [0, 0.05) is 11.7 Å². The second-order valence-corrected chi connectivity index (χ2v) is 3.95. The van der Waals surface area contributed by atoms with E-state index >= 15 is 0 Å². The maximum atomic E-state index is 10.9.